The van der Waals surface area contributed by atoms with Crippen LogP contribution in [-0.4, -0.2) is 63.7 Å². The van der Waals surface area contributed by atoms with Gasteiger partial charge in [0, 0.05) is 72.1 Å². The van der Waals surface area contributed by atoms with Crippen LogP contribution in [0.15, 0.2) is 73.2 Å². The zero-order valence-electron chi connectivity index (χ0n) is 24.1. The van der Waals surface area contributed by atoms with Gasteiger partial charge < -0.3 is 4.98 Å². The summed E-state index contributed by atoms with van der Waals surface area (Å²) in [5.74, 6) is -3.13. The van der Waals surface area contributed by atoms with Gasteiger partial charge in [0.05, 0.1) is 24.2 Å². The highest BCUT2D eigenvalue weighted by molar-refractivity contribution is 7.88. The highest BCUT2D eigenvalue weighted by Crippen LogP contribution is 2.36. The van der Waals surface area contributed by atoms with E-state index in [4.69, 9.17) is 0 Å². The van der Waals surface area contributed by atoms with Gasteiger partial charge in [0.15, 0.2) is 5.65 Å². The number of nitrogens with one attached hydrogen (secondary N) is 3. The standard InChI is InChI=1S/C32H28F3N7O2S/c1-45(43,44)38-14-19-7-21(10-24(33)9-19)25-3-2-4-28-26(25)12-29(39-28)30-27-11-23(16-37-31(27)41-40-30)22-8-20(13-36-15-22)17-42-6-5-32(34,35)18-42/h2-4,7-13,15-16,38-39H,5-6,14,17-18H2,1H3,(H,37,40,41). The second-order valence-electron chi connectivity index (χ2n) is 11.5. The van der Waals surface area contributed by atoms with Gasteiger partial charge in [-0.1, -0.05) is 12.1 Å². The number of hydrogen-bond donors (Lipinski definition) is 3. The number of pyridine rings is 2. The van der Waals surface area contributed by atoms with Crippen molar-refractivity contribution in [3.05, 3.63) is 90.1 Å². The zero-order valence-corrected chi connectivity index (χ0v) is 24.9. The number of alkyl halides is 2. The Kier molecular flexibility index (Phi) is 7.18. The summed E-state index contributed by atoms with van der Waals surface area (Å²) in [6.07, 6.45) is 6.05. The summed E-state index contributed by atoms with van der Waals surface area (Å²) in [7, 11) is -3.44. The monoisotopic (exact) mass is 631 g/mol. The zero-order chi connectivity index (χ0) is 31.3. The summed E-state index contributed by atoms with van der Waals surface area (Å²) in [6.45, 7) is 0.452. The predicted octanol–water partition coefficient (Wildman–Crippen LogP) is 5.86. The van der Waals surface area contributed by atoms with Crippen molar-refractivity contribution >= 4 is 32.0 Å². The Morgan fingerprint density at radius 2 is 1.80 bits per heavy atom. The fourth-order valence-electron chi connectivity index (χ4n) is 5.86. The first-order valence-corrected chi connectivity index (χ1v) is 16.1. The molecule has 5 heterocycles. The van der Waals surface area contributed by atoms with Crippen LogP contribution in [0.1, 0.15) is 17.5 Å². The molecule has 1 saturated heterocycles. The molecule has 0 radical (unpaired) electrons. The van der Waals surface area contributed by atoms with Gasteiger partial charge >= 0.3 is 0 Å². The summed E-state index contributed by atoms with van der Waals surface area (Å²) in [4.78, 5) is 14.1. The predicted molar refractivity (Wildman–Crippen MR) is 166 cm³/mol. The van der Waals surface area contributed by atoms with E-state index in [0.29, 0.717) is 35.6 Å². The lowest BCUT2D eigenvalue weighted by atomic mass is 9.99. The summed E-state index contributed by atoms with van der Waals surface area (Å²) >= 11 is 0. The third kappa shape index (κ3) is 6.19. The average Bonchev–Trinajstić information content (AvgIpc) is 3.71. The largest absolute Gasteiger partial charge is 0.353 e. The van der Waals surface area contributed by atoms with Crippen molar-refractivity contribution < 1.29 is 21.6 Å². The number of halogens is 3. The van der Waals surface area contributed by atoms with Crippen LogP contribution in [0, 0.1) is 5.82 Å². The van der Waals surface area contributed by atoms with Crippen LogP contribution in [-0.2, 0) is 23.1 Å². The number of nitrogens with zero attached hydrogens (tertiary/aromatic N) is 4. The lowest BCUT2D eigenvalue weighted by Gasteiger charge is -2.15. The van der Waals surface area contributed by atoms with Crippen LogP contribution in [0.4, 0.5) is 13.2 Å². The average molecular weight is 632 g/mol. The van der Waals surface area contributed by atoms with Gasteiger partial charge in [-0.3, -0.25) is 15.0 Å². The van der Waals surface area contributed by atoms with E-state index in [0.717, 1.165) is 50.5 Å². The molecule has 13 heteroatoms. The van der Waals surface area contributed by atoms with Crippen LogP contribution >= 0.6 is 0 Å². The first-order valence-electron chi connectivity index (χ1n) is 14.2. The van der Waals surface area contributed by atoms with E-state index in [1.807, 2.05) is 36.4 Å². The fraction of sp³-hybridized carbons (Fsp3) is 0.219. The Morgan fingerprint density at radius 3 is 2.60 bits per heavy atom. The molecule has 4 aromatic heterocycles. The van der Waals surface area contributed by atoms with Gasteiger partial charge in [-0.25, -0.2) is 31.3 Å². The lowest BCUT2D eigenvalue weighted by Crippen LogP contribution is -2.24. The lowest BCUT2D eigenvalue weighted by molar-refractivity contribution is 0.0115. The van der Waals surface area contributed by atoms with Gasteiger partial charge in [0.25, 0.3) is 5.92 Å². The molecule has 0 amide bonds. The van der Waals surface area contributed by atoms with Crippen molar-refractivity contribution in [3.8, 4) is 33.6 Å². The quantitative estimate of drug-likeness (QED) is 0.194. The first kappa shape index (κ1) is 29.1. The molecule has 1 fully saturated rings. The van der Waals surface area contributed by atoms with E-state index < -0.39 is 21.8 Å². The molecule has 7 rings (SSSR count). The Hall–Kier alpha value is -4.59. The van der Waals surface area contributed by atoms with Gasteiger partial charge in [0.1, 0.15) is 5.82 Å². The molecule has 9 nitrogen and oxygen atoms in total. The second kappa shape index (κ2) is 11.1. The minimum atomic E-state index is -3.44. The molecule has 2 aromatic carbocycles. The first-order chi connectivity index (χ1) is 21.5. The smallest absolute Gasteiger partial charge is 0.261 e. The van der Waals surface area contributed by atoms with E-state index in [2.05, 4.69) is 29.9 Å². The normalized spacial score (nSPS) is 15.4. The molecule has 1 aliphatic rings. The number of rotatable bonds is 8. The summed E-state index contributed by atoms with van der Waals surface area (Å²) in [5.41, 5.74) is 7.13. The Bertz CT molecular complexity index is 2180. The molecule has 0 unspecified atom stereocenters. The Morgan fingerprint density at radius 1 is 0.978 bits per heavy atom. The molecular weight excluding hydrogens is 603 g/mol. The molecule has 1 aliphatic heterocycles. The third-order valence-corrected chi connectivity index (χ3v) is 8.60. The topological polar surface area (TPSA) is 120 Å². The maximum absolute atomic E-state index is 14.6. The summed E-state index contributed by atoms with van der Waals surface area (Å²) in [5, 5.41) is 9.08. The minimum Gasteiger partial charge on any atom is -0.353 e. The number of benzene rings is 2. The number of H-pyrrole nitrogens is 2. The number of hydrogen-bond acceptors (Lipinski definition) is 6. The van der Waals surface area contributed by atoms with Crippen molar-refractivity contribution in [3.63, 3.8) is 0 Å². The third-order valence-electron chi connectivity index (χ3n) is 7.93. The fourth-order valence-corrected chi connectivity index (χ4v) is 6.29. The van der Waals surface area contributed by atoms with Crippen molar-refractivity contribution in [1.29, 1.82) is 0 Å². The van der Waals surface area contributed by atoms with Crippen molar-refractivity contribution in [1.82, 2.24) is 34.8 Å². The maximum atomic E-state index is 14.6. The SMILES string of the molecule is CS(=O)(=O)NCc1cc(F)cc(-c2cccc3[nH]c(-c4[nH]nc5ncc(-c6cncc(CN7CCC(F)(F)C7)c6)cc45)cc23)c1. The highest BCUT2D eigenvalue weighted by Gasteiger charge is 2.37. The van der Waals surface area contributed by atoms with Gasteiger partial charge in [0.2, 0.25) is 10.0 Å². The van der Waals surface area contributed by atoms with Crippen LogP contribution < -0.4 is 4.72 Å². The van der Waals surface area contributed by atoms with Gasteiger partial charge in [-0.2, -0.15) is 5.10 Å². The van der Waals surface area contributed by atoms with E-state index in [1.54, 1.807) is 29.6 Å². The second-order valence-corrected chi connectivity index (χ2v) is 13.3. The molecule has 0 aliphatic carbocycles. The number of sulfonamides is 1. The van der Waals surface area contributed by atoms with E-state index in [-0.39, 0.29) is 19.5 Å². The van der Waals surface area contributed by atoms with Crippen LogP contribution in [0.5, 0.6) is 0 Å². The van der Waals surface area contributed by atoms with Crippen molar-refractivity contribution in [2.75, 3.05) is 19.3 Å². The molecule has 0 atom stereocenters. The number of fused-ring (bicyclic) bond motifs is 2. The molecule has 0 bridgehead atoms. The Balaban J connectivity index is 1.22. The number of aromatic amines is 2. The van der Waals surface area contributed by atoms with Crippen molar-refractivity contribution in [2.24, 2.45) is 0 Å². The minimum absolute atomic E-state index is 0.0277. The van der Waals surface area contributed by atoms with Crippen LogP contribution in [0.2, 0.25) is 0 Å². The number of aromatic nitrogens is 5. The molecule has 230 valence electrons. The molecular formula is C32H28F3N7O2S. The number of likely N-dealkylation sites (tertiary alicyclic amines) is 1. The molecule has 0 saturated carbocycles. The molecule has 45 heavy (non-hydrogen) atoms. The van der Waals surface area contributed by atoms with Gasteiger partial charge in [-0.15, -0.1) is 0 Å². The highest BCUT2D eigenvalue weighted by atomic mass is 32.2. The van der Waals surface area contributed by atoms with Crippen LogP contribution in [0.3, 0.4) is 0 Å². The maximum Gasteiger partial charge on any atom is 0.261 e. The summed E-state index contributed by atoms with van der Waals surface area (Å²) in [6, 6.07) is 16.0. The molecule has 3 N–H and O–H groups in total. The van der Waals surface area contributed by atoms with E-state index in [9.17, 15) is 21.6 Å². The molecule has 6 aromatic rings. The summed E-state index contributed by atoms with van der Waals surface area (Å²) < 4.78 is 67.6. The van der Waals surface area contributed by atoms with E-state index in [1.165, 1.54) is 12.1 Å². The Labute approximate surface area is 256 Å². The van der Waals surface area contributed by atoms with Gasteiger partial charge in [-0.05, 0) is 64.7 Å². The van der Waals surface area contributed by atoms with Crippen molar-refractivity contribution in [2.45, 2.75) is 25.4 Å². The van der Waals surface area contributed by atoms with E-state index >= 15 is 0 Å². The van der Waals surface area contributed by atoms with Crippen LogP contribution in [0.25, 0.3) is 55.6 Å². The molecule has 0 spiro atoms.